The highest BCUT2D eigenvalue weighted by Gasteiger charge is 2.12. The largest absolute Gasteiger partial charge is 0.320 e. The third kappa shape index (κ3) is 2.88. The molecule has 0 radical (unpaired) electrons. The molecule has 1 heterocycles. The number of nitrogens with one attached hydrogen (secondary N) is 1. The molecule has 1 N–H and O–H groups in total. The zero-order chi connectivity index (χ0) is 15.5. The Labute approximate surface area is 128 Å². The number of amides is 1. The number of hydrogen-bond donors (Lipinski definition) is 1. The molecule has 0 spiro atoms. The van der Waals surface area contributed by atoms with Crippen LogP contribution in [-0.4, -0.2) is 20.9 Å². The van der Waals surface area contributed by atoms with Crippen molar-refractivity contribution in [3.8, 4) is 5.69 Å². The Morgan fingerprint density at radius 2 is 1.86 bits per heavy atom. The van der Waals surface area contributed by atoms with E-state index >= 15 is 0 Å². The zero-order valence-electron chi connectivity index (χ0n) is 12.4. The van der Waals surface area contributed by atoms with Crippen LogP contribution in [0.4, 0.5) is 5.69 Å². The monoisotopic (exact) mass is 292 g/mol. The van der Waals surface area contributed by atoms with E-state index in [1.54, 1.807) is 0 Å². The highest BCUT2D eigenvalue weighted by Crippen LogP contribution is 2.16. The van der Waals surface area contributed by atoms with Gasteiger partial charge in [0.15, 0.2) is 5.69 Å². The molecule has 0 saturated heterocycles. The Hall–Kier alpha value is -2.95. The maximum Gasteiger partial charge on any atom is 0.277 e. The molecule has 0 unspecified atom stereocenters. The summed E-state index contributed by atoms with van der Waals surface area (Å²) >= 11 is 0. The van der Waals surface area contributed by atoms with Gasteiger partial charge in [0.2, 0.25) is 0 Å². The number of hydrogen-bond acceptors (Lipinski definition) is 3. The molecule has 1 aromatic heterocycles. The first-order valence-electron chi connectivity index (χ1n) is 7.00. The summed E-state index contributed by atoms with van der Waals surface area (Å²) < 4.78 is 0. The normalized spacial score (nSPS) is 10.5. The molecule has 0 atom stereocenters. The van der Waals surface area contributed by atoms with Gasteiger partial charge in [0.25, 0.3) is 5.91 Å². The average Bonchev–Trinajstić information content (AvgIpc) is 3.01. The van der Waals surface area contributed by atoms with Crippen LogP contribution in [0.5, 0.6) is 0 Å². The third-order valence-corrected chi connectivity index (χ3v) is 3.34. The van der Waals surface area contributed by atoms with Gasteiger partial charge >= 0.3 is 0 Å². The van der Waals surface area contributed by atoms with Gasteiger partial charge in [-0.1, -0.05) is 35.9 Å². The topological polar surface area (TPSA) is 59.8 Å². The Balaban J connectivity index is 1.80. The number of carbonyl (C=O) groups excluding carboxylic acids is 1. The van der Waals surface area contributed by atoms with Crippen molar-refractivity contribution in [2.75, 3.05) is 5.32 Å². The molecule has 5 nitrogen and oxygen atoms in total. The van der Waals surface area contributed by atoms with Crippen LogP contribution in [0.2, 0.25) is 0 Å². The fraction of sp³-hybridized carbons (Fsp3) is 0.118. The maximum atomic E-state index is 12.3. The van der Waals surface area contributed by atoms with Crippen LogP contribution in [-0.2, 0) is 0 Å². The van der Waals surface area contributed by atoms with E-state index in [1.165, 1.54) is 11.0 Å². The predicted octanol–water partition coefficient (Wildman–Crippen LogP) is 3.14. The molecule has 3 aromatic rings. The van der Waals surface area contributed by atoms with E-state index in [1.807, 2.05) is 62.4 Å². The van der Waals surface area contributed by atoms with Crippen molar-refractivity contribution in [2.24, 2.45) is 0 Å². The summed E-state index contributed by atoms with van der Waals surface area (Å²) in [6, 6.07) is 15.4. The molecule has 0 aliphatic rings. The van der Waals surface area contributed by atoms with Crippen molar-refractivity contribution >= 4 is 11.6 Å². The third-order valence-electron chi connectivity index (χ3n) is 3.34. The quantitative estimate of drug-likeness (QED) is 0.806. The van der Waals surface area contributed by atoms with Gasteiger partial charge in [0.1, 0.15) is 0 Å². The van der Waals surface area contributed by atoms with Gasteiger partial charge in [-0.25, -0.2) is 0 Å². The van der Waals surface area contributed by atoms with E-state index in [2.05, 4.69) is 15.5 Å². The predicted molar refractivity (Wildman–Crippen MR) is 85.2 cm³/mol. The van der Waals surface area contributed by atoms with Gasteiger partial charge in [-0.2, -0.15) is 9.90 Å². The lowest BCUT2D eigenvalue weighted by Gasteiger charge is -2.07. The lowest BCUT2D eigenvalue weighted by molar-refractivity contribution is 0.102. The Kier molecular flexibility index (Phi) is 3.70. The zero-order valence-corrected chi connectivity index (χ0v) is 12.4. The number of rotatable bonds is 3. The number of anilines is 1. The summed E-state index contributed by atoms with van der Waals surface area (Å²) in [5.41, 5.74) is 4.05. The van der Waals surface area contributed by atoms with Crippen molar-refractivity contribution in [3.05, 3.63) is 71.5 Å². The standard InChI is InChI=1S/C17H16N4O/c1-12-8-9-15(13(2)10-12)19-17(22)16-11-18-21(20-16)14-6-4-3-5-7-14/h3-11H,1-2H3,(H,19,22). The fourth-order valence-electron chi connectivity index (χ4n) is 2.19. The number of para-hydroxylation sites is 1. The summed E-state index contributed by atoms with van der Waals surface area (Å²) in [6.45, 7) is 3.98. The van der Waals surface area contributed by atoms with E-state index < -0.39 is 0 Å². The van der Waals surface area contributed by atoms with Gasteiger partial charge in [-0.15, -0.1) is 5.10 Å². The van der Waals surface area contributed by atoms with Crippen LogP contribution in [0, 0.1) is 13.8 Å². The smallest absolute Gasteiger partial charge is 0.277 e. The number of aromatic nitrogens is 3. The van der Waals surface area contributed by atoms with E-state index in [4.69, 9.17) is 0 Å². The minimum absolute atomic E-state index is 0.269. The number of benzene rings is 2. The summed E-state index contributed by atoms with van der Waals surface area (Å²) in [5, 5.41) is 11.2. The summed E-state index contributed by atoms with van der Waals surface area (Å²) in [5.74, 6) is -0.269. The van der Waals surface area contributed by atoms with E-state index in [-0.39, 0.29) is 11.6 Å². The molecule has 1 amide bonds. The van der Waals surface area contributed by atoms with Gasteiger partial charge < -0.3 is 5.32 Å². The summed E-state index contributed by atoms with van der Waals surface area (Å²) in [4.78, 5) is 13.7. The molecule has 0 saturated carbocycles. The molecule has 0 bridgehead atoms. The molecular formula is C17H16N4O. The minimum atomic E-state index is -0.269. The number of aryl methyl sites for hydroxylation is 2. The van der Waals surface area contributed by atoms with Crippen molar-refractivity contribution in [3.63, 3.8) is 0 Å². The highest BCUT2D eigenvalue weighted by atomic mass is 16.2. The van der Waals surface area contributed by atoms with Gasteiger partial charge in [-0.3, -0.25) is 4.79 Å². The highest BCUT2D eigenvalue weighted by molar-refractivity contribution is 6.03. The molecule has 2 aromatic carbocycles. The summed E-state index contributed by atoms with van der Waals surface area (Å²) in [6.07, 6.45) is 1.46. The minimum Gasteiger partial charge on any atom is -0.320 e. The molecule has 0 aliphatic heterocycles. The van der Waals surface area contributed by atoms with Crippen molar-refractivity contribution in [1.29, 1.82) is 0 Å². The van der Waals surface area contributed by atoms with Gasteiger partial charge in [-0.05, 0) is 37.6 Å². The van der Waals surface area contributed by atoms with Crippen LogP contribution in [0.15, 0.2) is 54.7 Å². The molecular weight excluding hydrogens is 276 g/mol. The first kappa shape index (κ1) is 14.0. The maximum absolute atomic E-state index is 12.3. The van der Waals surface area contributed by atoms with Crippen LogP contribution in [0.25, 0.3) is 5.69 Å². The van der Waals surface area contributed by atoms with Crippen LogP contribution >= 0.6 is 0 Å². The first-order valence-corrected chi connectivity index (χ1v) is 7.00. The van der Waals surface area contributed by atoms with Crippen molar-refractivity contribution < 1.29 is 4.79 Å². The molecule has 3 rings (SSSR count). The van der Waals surface area contributed by atoms with Crippen LogP contribution in [0.3, 0.4) is 0 Å². The molecule has 22 heavy (non-hydrogen) atoms. The SMILES string of the molecule is Cc1ccc(NC(=O)c2cnn(-c3ccccc3)n2)c(C)c1. The van der Waals surface area contributed by atoms with Crippen molar-refractivity contribution in [2.45, 2.75) is 13.8 Å². The molecule has 110 valence electrons. The average molecular weight is 292 g/mol. The summed E-state index contributed by atoms with van der Waals surface area (Å²) in [7, 11) is 0. The van der Waals surface area contributed by atoms with Crippen molar-refractivity contribution in [1.82, 2.24) is 15.0 Å². The van der Waals surface area contributed by atoms with Crippen LogP contribution in [0.1, 0.15) is 21.6 Å². The second-order valence-corrected chi connectivity index (χ2v) is 5.13. The lowest BCUT2D eigenvalue weighted by atomic mass is 10.1. The van der Waals surface area contributed by atoms with E-state index in [0.29, 0.717) is 0 Å². The van der Waals surface area contributed by atoms with E-state index in [9.17, 15) is 4.79 Å². The second-order valence-electron chi connectivity index (χ2n) is 5.13. The first-order chi connectivity index (χ1) is 10.6. The lowest BCUT2D eigenvalue weighted by Crippen LogP contribution is -2.14. The molecule has 5 heteroatoms. The fourth-order valence-corrected chi connectivity index (χ4v) is 2.19. The molecule has 0 aliphatic carbocycles. The Morgan fingerprint density at radius 3 is 2.59 bits per heavy atom. The van der Waals surface area contributed by atoms with Gasteiger partial charge in [0.05, 0.1) is 11.9 Å². The Morgan fingerprint density at radius 1 is 1.09 bits per heavy atom. The Bertz CT molecular complexity index is 809. The van der Waals surface area contributed by atoms with E-state index in [0.717, 1.165) is 22.5 Å². The second kappa shape index (κ2) is 5.81. The van der Waals surface area contributed by atoms with Gasteiger partial charge in [0, 0.05) is 5.69 Å². The van der Waals surface area contributed by atoms with Crippen LogP contribution < -0.4 is 5.32 Å². The molecule has 0 fully saturated rings. The number of carbonyl (C=O) groups is 1. The number of nitrogens with zero attached hydrogens (tertiary/aromatic N) is 3.